The Kier molecular flexibility index (Phi) is 5.86. The molecule has 2 aliphatic rings. The second-order valence-corrected chi connectivity index (χ2v) is 7.67. The van der Waals surface area contributed by atoms with Crippen LogP contribution < -0.4 is 10.2 Å². The van der Waals surface area contributed by atoms with Crippen molar-refractivity contribution in [2.24, 2.45) is 5.92 Å². The number of aryl methyl sites for hydroxylation is 1. The zero-order valence-electron chi connectivity index (χ0n) is 16.6. The van der Waals surface area contributed by atoms with Crippen LogP contribution in [0.3, 0.4) is 0 Å². The van der Waals surface area contributed by atoms with Crippen LogP contribution in [-0.4, -0.2) is 53.5 Å². The molecule has 2 fully saturated rings. The van der Waals surface area contributed by atoms with E-state index in [1.54, 1.807) is 18.6 Å². The van der Waals surface area contributed by atoms with Crippen molar-refractivity contribution < 1.29 is 4.79 Å². The minimum absolute atomic E-state index is 0.100. The van der Waals surface area contributed by atoms with E-state index in [1.807, 2.05) is 0 Å². The number of carbonyl (C=O) groups is 1. The van der Waals surface area contributed by atoms with E-state index < -0.39 is 0 Å². The van der Waals surface area contributed by atoms with Crippen molar-refractivity contribution in [2.75, 3.05) is 37.6 Å². The van der Waals surface area contributed by atoms with E-state index in [-0.39, 0.29) is 12.0 Å². The summed E-state index contributed by atoms with van der Waals surface area (Å²) < 4.78 is 0. The summed E-state index contributed by atoms with van der Waals surface area (Å²) in [5.41, 5.74) is 2.57. The summed E-state index contributed by atoms with van der Waals surface area (Å²) in [6.07, 6.45) is 8.01. The van der Waals surface area contributed by atoms with E-state index in [0.29, 0.717) is 5.91 Å². The predicted molar refractivity (Wildman–Crippen MR) is 110 cm³/mol. The molecule has 1 unspecified atom stereocenters. The third-order valence-corrected chi connectivity index (χ3v) is 6.02. The van der Waals surface area contributed by atoms with Crippen LogP contribution in [-0.2, 0) is 11.2 Å². The number of anilines is 1. The van der Waals surface area contributed by atoms with Crippen molar-refractivity contribution in [3.63, 3.8) is 0 Å². The Morgan fingerprint density at radius 2 is 1.93 bits per heavy atom. The summed E-state index contributed by atoms with van der Waals surface area (Å²) in [6.45, 7) is 6.36. The number of hydrogen-bond acceptors (Lipinski definition) is 5. The number of rotatable bonds is 4. The molecule has 1 amide bonds. The monoisotopic (exact) mass is 379 g/mol. The Bertz CT molecular complexity index is 771. The molecular formula is C22H29N5O. The molecule has 0 aliphatic carbocycles. The summed E-state index contributed by atoms with van der Waals surface area (Å²) in [5, 5.41) is 3.46. The summed E-state index contributed by atoms with van der Waals surface area (Å²) >= 11 is 0. The molecule has 148 valence electrons. The van der Waals surface area contributed by atoms with Crippen LogP contribution in [0.4, 0.5) is 5.82 Å². The first-order chi connectivity index (χ1) is 13.8. The first-order valence-electron chi connectivity index (χ1n) is 10.4. The molecule has 6 nitrogen and oxygen atoms in total. The number of nitrogens with zero attached hydrogens (tertiary/aromatic N) is 4. The fraction of sp³-hybridized carbons (Fsp3) is 0.500. The number of amides is 1. The average molecular weight is 380 g/mol. The largest absolute Gasteiger partial charge is 0.355 e. The van der Waals surface area contributed by atoms with Crippen molar-refractivity contribution in [1.82, 2.24) is 20.2 Å². The molecule has 1 aromatic carbocycles. The molecule has 1 aromatic heterocycles. The molecule has 2 aliphatic heterocycles. The molecule has 1 atom stereocenters. The van der Waals surface area contributed by atoms with Crippen molar-refractivity contribution in [2.45, 2.75) is 32.2 Å². The van der Waals surface area contributed by atoms with Gasteiger partial charge in [-0.2, -0.15) is 0 Å². The van der Waals surface area contributed by atoms with Crippen molar-refractivity contribution in [3.8, 4) is 0 Å². The Labute approximate surface area is 167 Å². The Balaban J connectivity index is 1.42. The summed E-state index contributed by atoms with van der Waals surface area (Å²) in [5.74, 6) is 1.32. The van der Waals surface area contributed by atoms with Gasteiger partial charge in [0.25, 0.3) is 0 Å². The van der Waals surface area contributed by atoms with E-state index in [9.17, 15) is 4.79 Å². The molecule has 0 bridgehead atoms. The number of piperidine rings is 1. The highest BCUT2D eigenvalue weighted by Gasteiger charge is 2.34. The zero-order valence-corrected chi connectivity index (χ0v) is 16.6. The quantitative estimate of drug-likeness (QED) is 0.884. The van der Waals surface area contributed by atoms with Gasteiger partial charge in [-0.25, -0.2) is 4.98 Å². The number of benzene rings is 1. The van der Waals surface area contributed by atoms with Crippen LogP contribution in [0, 0.1) is 5.92 Å². The molecule has 3 heterocycles. The highest BCUT2D eigenvalue weighted by Crippen LogP contribution is 2.29. The minimum atomic E-state index is 0.100. The van der Waals surface area contributed by atoms with Gasteiger partial charge in [0.2, 0.25) is 5.91 Å². The molecule has 4 rings (SSSR count). The van der Waals surface area contributed by atoms with Gasteiger partial charge in [0.05, 0.1) is 12.2 Å². The second-order valence-electron chi connectivity index (χ2n) is 7.67. The SMILES string of the molecule is CCc1ccc(C2CNCCN2C(=O)C2CCN(c3cnccn3)CC2)cc1. The molecule has 0 saturated carbocycles. The van der Waals surface area contributed by atoms with Crippen LogP contribution >= 0.6 is 0 Å². The third-order valence-electron chi connectivity index (χ3n) is 6.02. The van der Waals surface area contributed by atoms with Crippen LogP contribution in [0.2, 0.25) is 0 Å². The third kappa shape index (κ3) is 4.02. The Hall–Kier alpha value is -2.47. The molecule has 2 saturated heterocycles. The van der Waals surface area contributed by atoms with Gasteiger partial charge in [-0.05, 0) is 30.4 Å². The van der Waals surface area contributed by atoms with Crippen LogP contribution in [0.15, 0.2) is 42.9 Å². The maximum absolute atomic E-state index is 13.4. The van der Waals surface area contributed by atoms with Gasteiger partial charge >= 0.3 is 0 Å². The van der Waals surface area contributed by atoms with Gasteiger partial charge in [-0.1, -0.05) is 31.2 Å². The van der Waals surface area contributed by atoms with Gasteiger partial charge in [0.1, 0.15) is 5.82 Å². The molecule has 6 heteroatoms. The predicted octanol–water partition coefficient (Wildman–Crippen LogP) is 2.43. The van der Waals surface area contributed by atoms with Crippen LogP contribution in [0.5, 0.6) is 0 Å². The number of carbonyl (C=O) groups excluding carboxylic acids is 1. The molecule has 1 N–H and O–H groups in total. The van der Waals surface area contributed by atoms with Crippen LogP contribution in [0.1, 0.15) is 36.9 Å². The fourth-order valence-electron chi connectivity index (χ4n) is 4.29. The highest BCUT2D eigenvalue weighted by atomic mass is 16.2. The maximum atomic E-state index is 13.4. The summed E-state index contributed by atoms with van der Waals surface area (Å²) in [7, 11) is 0. The summed E-state index contributed by atoms with van der Waals surface area (Å²) in [6, 6.07) is 8.88. The number of piperazine rings is 1. The van der Waals surface area contributed by atoms with Crippen molar-refractivity contribution in [1.29, 1.82) is 0 Å². The molecule has 0 radical (unpaired) electrons. The maximum Gasteiger partial charge on any atom is 0.226 e. The lowest BCUT2D eigenvalue weighted by molar-refractivity contribution is -0.139. The summed E-state index contributed by atoms with van der Waals surface area (Å²) in [4.78, 5) is 26.2. The molecule has 28 heavy (non-hydrogen) atoms. The van der Waals surface area contributed by atoms with Crippen LogP contribution in [0.25, 0.3) is 0 Å². The fourth-order valence-corrected chi connectivity index (χ4v) is 4.29. The topological polar surface area (TPSA) is 61.4 Å². The molecule has 0 spiro atoms. The lowest BCUT2D eigenvalue weighted by atomic mass is 9.93. The van der Waals surface area contributed by atoms with Crippen molar-refractivity contribution in [3.05, 3.63) is 54.0 Å². The highest BCUT2D eigenvalue weighted by molar-refractivity contribution is 5.80. The Morgan fingerprint density at radius 3 is 2.61 bits per heavy atom. The lowest BCUT2D eigenvalue weighted by Crippen LogP contribution is -2.51. The van der Waals surface area contributed by atoms with Gasteiger partial charge < -0.3 is 15.1 Å². The first-order valence-corrected chi connectivity index (χ1v) is 10.4. The van der Waals surface area contributed by atoms with Gasteiger partial charge in [0, 0.05) is 51.0 Å². The van der Waals surface area contributed by atoms with E-state index in [1.165, 1.54) is 11.1 Å². The first kappa shape index (κ1) is 18.9. The smallest absolute Gasteiger partial charge is 0.226 e. The minimum Gasteiger partial charge on any atom is -0.355 e. The normalized spacial score (nSPS) is 21.0. The molecule has 2 aromatic rings. The average Bonchev–Trinajstić information content (AvgIpc) is 2.79. The van der Waals surface area contributed by atoms with Gasteiger partial charge in [-0.15, -0.1) is 0 Å². The standard InChI is InChI=1S/C22H29N5O/c1-2-17-3-5-18(6-4-17)20-15-24-11-14-27(20)22(28)19-7-12-26(13-8-19)21-16-23-9-10-25-21/h3-6,9-10,16,19-20,24H,2,7-8,11-15H2,1H3. The van der Waals surface area contributed by atoms with E-state index in [0.717, 1.165) is 57.8 Å². The Morgan fingerprint density at radius 1 is 1.14 bits per heavy atom. The van der Waals surface area contributed by atoms with Crippen molar-refractivity contribution >= 4 is 11.7 Å². The zero-order chi connectivity index (χ0) is 19.3. The lowest BCUT2D eigenvalue weighted by Gasteiger charge is -2.40. The van der Waals surface area contributed by atoms with E-state index in [2.05, 4.69) is 56.3 Å². The number of nitrogens with one attached hydrogen (secondary N) is 1. The van der Waals surface area contributed by atoms with Gasteiger partial charge in [-0.3, -0.25) is 9.78 Å². The number of aromatic nitrogens is 2. The number of hydrogen-bond donors (Lipinski definition) is 1. The molecular weight excluding hydrogens is 350 g/mol. The second kappa shape index (κ2) is 8.69. The van der Waals surface area contributed by atoms with E-state index >= 15 is 0 Å². The van der Waals surface area contributed by atoms with E-state index in [4.69, 9.17) is 0 Å². The van der Waals surface area contributed by atoms with Gasteiger partial charge in [0.15, 0.2) is 0 Å².